The van der Waals surface area contributed by atoms with Gasteiger partial charge in [-0.1, -0.05) is 6.07 Å². The highest BCUT2D eigenvalue weighted by molar-refractivity contribution is 5.27. The highest BCUT2D eigenvalue weighted by Crippen LogP contribution is 2.26. The molecule has 3 heterocycles. The third kappa shape index (κ3) is 3.46. The summed E-state index contributed by atoms with van der Waals surface area (Å²) in [6, 6.07) is 8.69. The van der Waals surface area contributed by atoms with Gasteiger partial charge in [0.2, 0.25) is 0 Å². The number of hydrogen-bond donors (Lipinski definition) is 1. The molecule has 0 saturated carbocycles. The predicted molar refractivity (Wildman–Crippen MR) is 84.1 cm³/mol. The van der Waals surface area contributed by atoms with E-state index in [9.17, 15) is 0 Å². The largest absolute Gasteiger partial charge is 0.314 e. The average Bonchev–Trinajstić information content (AvgIpc) is 2.55. The van der Waals surface area contributed by atoms with Gasteiger partial charge < -0.3 is 5.32 Å². The molecule has 2 aromatic rings. The molecule has 110 valence electrons. The van der Waals surface area contributed by atoms with Crippen LogP contribution in [0.15, 0.2) is 42.9 Å². The van der Waals surface area contributed by atoms with Gasteiger partial charge in [-0.25, -0.2) is 0 Å². The Kier molecular flexibility index (Phi) is 4.58. The Morgan fingerprint density at radius 3 is 2.76 bits per heavy atom. The molecule has 2 aromatic heterocycles. The van der Waals surface area contributed by atoms with Crippen molar-refractivity contribution >= 4 is 0 Å². The summed E-state index contributed by atoms with van der Waals surface area (Å²) in [6.45, 7) is 6.43. The first-order chi connectivity index (χ1) is 10.3. The van der Waals surface area contributed by atoms with E-state index in [0.29, 0.717) is 6.04 Å². The second-order valence-corrected chi connectivity index (χ2v) is 5.56. The van der Waals surface area contributed by atoms with Crippen molar-refractivity contribution in [1.82, 2.24) is 20.2 Å². The summed E-state index contributed by atoms with van der Waals surface area (Å²) >= 11 is 0. The summed E-state index contributed by atoms with van der Waals surface area (Å²) in [4.78, 5) is 11.3. The van der Waals surface area contributed by atoms with E-state index in [0.717, 1.165) is 38.3 Å². The van der Waals surface area contributed by atoms with Gasteiger partial charge in [0.05, 0.1) is 0 Å². The van der Waals surface area contributed by atoms with E-state index in [1.54, 1.807) is 0 Å². The molecule has 4 heteroatoms. The Morgan fingerprint density at radius 1 is 1.19 bits per heavy atom. The van der Waals surface area contributed by atoms with Gasteiger partial charge >= 0.3 is 0 Å². The van der Waals surface area contributed by atoms with Crippen LogP contribution in [0, 0.1) is 6.92 Å². The monoisotopic (exact) mass is 282 g/mol. The third-order valence-electron chi connectivity index (χ3n) is 4.14. The summed E-state index contributed by atoms with van der Waals surface area (Å²) in [5, 5.41) is 3.43. The number of piperazine rings is 1. The van der Waals surface area contributed by atoms with Gasteiger partial charge in [0.1, 0.15) is 0 Å². The van der Waals surface area contributed by atoms with Crippen LogP contribution in [-0.4, -0.2) is 41.0 Å². The summed E-state index contributed by atoms with van der Waals surface area (Å²) in [6.07, 6.45) is 6.69. The van der Waals surface area contributed by atoms with Crippen molar-refractivity contribution in [2.75, 3.05) is 26.2 Å². The molecule has 4 nitrogen and oxygen atoms in total. The topological polar surface area (TPSA) is 41.1 Å². The molecule has 0 amide bonds. The lowest BCUT2D eigenvalue weighted by atomic mass is 9.96. The minimum absolute atomic E-state index is 0.380. The van der Waals surface area contributed by atoms with Crippen LogP contribution >= 0.6 is 0 Å². The summed E-state index contributed by atoms with van der Waals surface area (Å²) in [7, 11) is 0. The quantitative estimate of drug-likeness (QED) is 0.931. The molecule has 3 rings (SSSR count). The standard InChI is InChI=1S/C17H22N4/c1-14-13-19-7-5-16(14)17(21-10-8-18-9-11-21)12-15-4-2-3-6-20-15/h2-7,13,17-18H,8-12H2,1H3. The zero-order chi connectivity index (χ0) is 14.5. The fraction of sp³-hybridized carbons (Fsp3) is 0.412. The maximum absolute atomic E-state index is 4.51. The van der Waals surface area contributed by atoms with Crippen molar-refractivity contribution in [3.8, 4) is 0 Å². The Hall–Kier alpha value is -1.78. The molecular weight excluding hydrogens is 260 g/mol. The summed E-state index contributed by atoms with van der Waals surface area (Å²) in [5.41, 5.74) is 3.78. The number of nitrogens with one attached hydrogen (secondary N) is 1. The Morgan fingerprint density at radius 2 is 2.05 bits per heavy atom. The molecule has 1 atom stereocenters. The molecule has 1 aliphatic heterocycles. The summed E-state index contributed by atoms with van der Waals surface area (Å²) < 4.78 is 0. The smallest absolute Gasteiger partial charge is 0.0422 e. The van der Waals surface area contributed by atoms with Crippen molar-refractivity contribution in [2.45, 2.75) is 19.4 Å². The van der Waals surface area contributed by atoms with E-state index in [2.05, 4.69) is 45.3 Å². The molecule has 1 aliphatic rings. The van der Waals surface area contributed by atoms with Gasteiger partial charge in [-0.15, -0.1) is 0 Å². The fourth-order valence-electron chi connectivity index (χ4n) is 3.00. The van der Waals surface area contributed by atoms with Crippen LogP contribution in [0.5, 0.6) is 0 Å². The first-order valence-corrected chi connectivity index (χ1v) is 7.60. The maximum atomic E-state index is 4.51. The van der Waals surface area contributed by atoms with Crippen LogP contribution in [0.4, 0.5) is 0 Å². The first kappa shape index (κ1) is 14.2. The molecule has 1 unspecified atom stereocenters. The van der Waals surface area contributed by atoms with Crippen LogP contribution < -0.4 is 5.32 Å². The molecule has 0 bridgehead atoms. The highest BCUT2D eigenvalue weighted by atomic mass is 15.2. The lowest BCUT2D eigenvalue weighted by Crippen LogP contribution is -2.45. The predicted octanol–water partition coefficient (Wildman–Crippen LogP) is 1.97. The lowest BCUT2D eigenvalue weighted by Gasteiger charge is -2.35. The van der Waals surface area contributed by atoms with Crippen LogP contribution in [0.25, 0.3) is 0 Å². The second kappa shape index (κ2) is 6.78. The molecule has 0 spiro atoms. The second-order valence-electron chi connectivity index (χ2n) is 5.56. The molecular formula is C17H22N4. The van der Waals surface area contributed by atoms with Crippen molar-refractivity contribution in [1.29, 1.82) is 0 Å². The van der Waals surface area contributed by atoms with Gasteiger partial charge in [-0.2, -0.15) is 0 Å². The lowest BCUT2D eigenvalue weighted by molar-refractivity contribution is 0.171. The Bertz CT molecular complexity index is 564. The minimum Gasteiger partial charge on any atom is -0.314 e. The minimum atomic E-state index is 0.380. The molecule has 1 saturated heterocycles. The van der Waals surface area contributed by atoms with Gasteiger partial charge in [-0.3, -0.25) is 14.9 Å². The zero-order valence-corrected chi connectivity index (χ0v) is 12.5. The number of aromatic nitrogens is 2. The van der Waals surface area contributed by atoms with E-state index in [-0.39, 0.29) is 0 Å². The van der Waals surface area contributed by atoms with Crippen molar-refractivity contribution in [3.05, 3.63) is 59.7 Å². The molecule has 0 aliphatic carbocycles. The van der Waals surface area contributed by atoms with Crippen molar-refractivity contribution in [2.24, 2.45) is 0 Å². The maximum Gasteiger partial charge on any atom is 0.0422 e. The number of nitrogens with zero attached hydrogens (tertiary/aromatic N) is 3. The van der Waals surface area contributed by atoms with E-state index >= 15 is 0 Å². The van der Waals surface area contributed by atoms with E-state index in [1.807, 2.05) is 24.7 Å². The Balaban J connectivity index is 1.89. The van der Waals surface area contributed by atoms with Crippen LogP contribution in [-0.2, 0) is 6.42 Å². The van der Waals surface area contributed by atoms with Gasteiger partial charge in [0, 0.05) is 62.9 Å². The van der Waals surface area contributed by atoms with E-state index < -0.39 is 0 Å². The first-order valence-electron chi connectivity index (χ1n) is 7.60. The van der Waals surface area contributed by atoms with E-state index in [1.165, 1.54) is 11.1 Å². The van der Waals surface area contributed by atoms with Crippen molar-refractivity contribution in [3.63, 3.8) is 0 Å². The third-order valence-corrected chi connectivity index (χ3v) is 4.14. The van der Waals surface area contributed by atoms with Crippen LogP contribution in [0.1, 0.15) is 22.9 Å². The molecule has 0 radical (unpaired) electrons. The Labute approximate surface area is 126 Å². The van der Waals surface area contributed by atoms with Gasteiger partial charge in [-0.05, 0) is 36.2 Å². The molecule has 0 aromatic carbocycles. The van der Waals surface area contributed by atoms with Crippen molar-refractivity contribution < 1.29 is 0 Å². The van der Waals surface area contributed by atoms with Gasteiger partial charge in [0.25, 0.3) is 0 Å². The number of hydrogen-bond acceptors (Lipinski definition) is 4. The molecule has 1 N–H and O–H groups in total. The van der Waals surface area contributed by atoms with Gasteiger partial charge in [0.15, 0.2) is 0 Å². The number of rotatable bonds is 4. The highest BCUT2D eigenvalue weighted by Gasteiger charge is 2.24. The van der Waals surface area contributed by atoms with Crippen LogP contribution in [0.2, 0.25) is 0 Å². The molecule has 1 fully saturated rings. The number of pyridine rings is 2. The average molecular weight is 282 g/mol. The summed E-state index contributed by atoms with van der Waals surface area (Å²) in [5.74, 6) is 0. The zero-order valence-electron chi connectivity index (χ0n) is 12.5. The molecule has 21 heavy (non-hydrogen) atoms. The number of aryl methyl sites for hydroxylation is 1. The van der Waals surface area contributed by atoms with Crippen LogP contribution in [0.3, 0.4) is 0 Å². The van der Waals surface area contributed by atoms with E-state index in [4.69, 9.17) is 0 Å². The SMILES string of the molecule is Cc1cnccc1C(Cc1ccccn1)N1CCNCC1. The normalized spacial score (nSPS) is 17.6. The fourth-order valence-corrected chi connectivity index (χ4v) is 3.00.